The van der Waals surface area contributed by atoms with Crippen molar-refractivity contribution in [1.29, 1.82) is 0 Å². The SMILES string of the molecule is Cc1cc(F)ccc1S(=O)(=O)Nc1ccc(Br)c(F)c1. The number of nitrogens with one attached hydrogen (secondary N) is 1. The summed E-state index contributed by atoms with van der Waals surface area (Å²) in [6, 6.07) is 7.22. The summed E-state index contributed by atoms with van der Waals surface area (Å²) in [4.78, 5) is -0.0535. The lowest BCUT2D eigenvalue weighted by molar-refractivity contribution is 0.598. The molecule has 2 aromatic carbocycles. The van der Waals surface area contributed by atoms with Crippen molar-refractivity contribution >= 4 is 31.6 Å². The summed E-state index contributed by atoms with van der Waals surface area (Å²) in [7, 11) is -3.89. The molecule has 0 radical (unpaired) electrons. The second-order valence-corrected chi connectivity index (χ2v) is 6.65. The number of rotatable bonds is 3. The van der Waals surface area contributed by atoms with Gasteiger partial charge in [-0.15, -0.1) is 0 Å². The number of sulfonamides is 1. The zero-order chi connectivity index (χ0) is 14.9. The molecule has 0 aliphatic rings. The molecule has 7 heteroatoms. The zero-order valence-corrected chi connectivity index (χ0v) is 12.7. The Morgan fingerprint density at radius 3 is 2.40 bits per heavy atom. The maximum Gasteiger partial charge on any atom is 0.262 e. The van der Waals surface area contributed by atoms with Crippen LogP contribution in [0.2, 0.25) is 0 Å². The van der Waals surface area contributed by atoms with Crippen LogP contribution >= 0.6 is 15.9 Å². The minimum Gasteiger partial charge on any atom is -0.280 e. The van der Waals surface area contributed by atoms with Crippen LogP contribution in [0.1, 0.15) is 5.56 Å². The largest absolute Gasteiger partial charge is 0.280 e. The van der Waals surface area contributed by atoms with E-state index in [2.05, 4.69) is 20.7 Å². The molecule has 20 heavy (non-hydrogen) atoms. The molecule has 0 unspecified atom stereocenters. The maximum absolute atomic E-state index is 13.4. The predicted octanol–water partition coefficient (Wildman–Crippen LogP) is 3.84. The van der Waals surface area contributed by atoms with Crippen LogP contribution in [0.15, 0.2) is 45.8 Å². The van der Waals surface area contributed by atoms with Gasteiger partial charge in [-0.05, 0) is 64.8 Å². The zero-order valence-electron chi connectivity index (χ0n) is 10.3. The summed E-state index contributed by atoms with van der Waals surface area (Å²) in [5, 5.41) is 0. The fourth-order valence-electron chi connectivity index (χ4n) is 1.68. The number of anilines is 1. The van der Waals surface area contributed by atoms with E-state index in [1.807, 2.05) is 0 Å². The van der Waals surface area contributed by atoms with Crippen LogP contribution in [0.3, 0.4) is 0 Å². The molecule has 0 heterocycles. The fraction of sp³-hybridized carbons (Fsp3) is 0.0769. The number of hydrogen-bond donors (Lipinski definition) is 1. The third kappa shape index (κ3) is 3.16. The lowest BCUT2D eigenvalue weighted by Crippen LogP contribution is -2.14. The molecule has 0 saturated heterocycles. The minimum atomic E-state index is -3.89. The van der Waals surface area contributed by atoms with E-state index in [1.165, 1.54) is 25.1 Å². The van der Waals surface area contributed by atoms with Crippen LogP contribution in [-0.2, 0) is 10.0 Å². The van der Waals surface area contributed by atoms with E-state index < -0.39 is 21.7 Å². The molecule has 0 atom stereocenters. The van der Waals surface area contributed by atoms with Crippen LogP contribution in [0.4, 0.5) is 14.5 Å². The van der Waals surface area contributed by atoms with Gasteiger partial charge >= 0.3 is 0 Å². The van der Waals surface area contributed by atoms with Crippen molar-refractivity contribution in [2.45, 2.75) is 11.8 Å². The Hall–Kier alpha value is -1.47. The quantitative estimate of drug-likeness (QED) is 0.902. The van der Waals surface area contributed by atoms with Gasteiger partial charge in [0.15, 0.2) is 0 Å². The normalized spacial score (nSPS) is 11.4. The molecule has 2 rings (SSSR count). The number of halogens is 3. The van der Waals surface area contributed by atoms with E-state index in [1.54, 1.807) is 0 Å². The Labute approximate surface area is 123 Å². The molecule has 1 N–H and O–H groups in total. The Bertz CT molecular complexity index is 763. The first-order valence-corrected chi connectivity index (χ1v) is 7.81. The van der Waals surface area contributed by atoms with Gasteiger partial charge in [0.2, 0.25) is 0 Å². The van der Waals surface area contributed by atoms with Crippen molar-refractivity contribution in [3.8, 4) is 0 Å². The van der Waals surface area contributed by atoms with Gasteiger partial charge in [-0.1, -0.05) is 0 Å². The highest BCUT2D eigenvalue weighted by atomic mass is 79.9. The first kappa shape index (κ1) is 14.9. The third-order valence-electron chi connectivity index (χ3n) is 2.60. The Morgan fingerprint density at radius 1 is 1.10 bits per heavy atom. The van der Waals surface area contributed by atoms with Crippen LogP contribution in [0, 0.1) is 18.6 Å². The first-order chi connectivity index (χ1) is 9.29. The minimum absolute atomic E-state index is 0.0535. The molecule has 3 nitrogen and oxygen atoms in total. The lowest BCUT2D eigenvalue weighted by Gasteiger charge is -2.10. The van der Waals surface area contributed by atoms with Gasteiger partial charge in [-0.25, -0.2) is 17.2 Å². The predicted molar refractivity (Wildman–Crippen MR) is 76.0 cm³/mol. The summed E-state index contributed by atoms with van der Waals surface area (Å²) in [6.07, 6.45) is 0. The summed E-state index contributed by atoms with van der Waals surface area (Å²) in [6.45, 7) is 1.49. The van der Waals surface area contributed by atoms with E-state index in [-0.39, 0.29) is 20.6 Å². The van der Waals surface area contributed by atoms with Gasteiger partial charge in [0.25, 0.3) is 10.0 Å². The second kappa shape index (κ2) is 5.49. The standard InChI is InChI=1S/C13H10BrF2NO2S/c1-8-6-9(15)2-5-13(8)20(18,19)17-10-3-4-11(14)12(16)7-10/h2-7,17H,1H3. The van der Waals surface area contributed by atoms with Crippen LogP contribution < -0.4 is 4.72 Å². The number of benzene rings is 2. The Balaban J connectivity index is 2.38. The van der Waals surface area contributed by atoms with E-state index in [9.17, 15) is 17.2 Å². The molecular formula is C13H10BrF2NO2S. The van der Waals surface area contributed by atoms with Gasteiger partial charge in [0.1, 0.15) is 11.6 Å². The molecular weight excluding hydrogens is 352 g/mol. The van der Waals surface area contributed by atoms with E-state index >= 15 is 0 Å². The number of hydrogen-bond acceptors (Lipinski definition) is 2. The maximum atomic E-state index is 13.4. The molecule has 0 aromatic heterocycles. The van der Waals surface area contributed by atoms with Gasteiger partial charge in [0.05, 0.1) is 15.1 Å². The van der Waals surface area contributed by atoms with Crippen molar-refractivity contribution in [3.63, 3.8) is 0 Å². The van der Waals surface area contributed by atoms with Gasteiger partial charge < -0.3 is 0 Å². The average Bonchev–Trinajstić information content (AvgIpc) is 2.33. The topological polar surface area (TPSA) is 46.2 Å². The fourth-order valence-corrected chi connectivity index (χ4v) is 3.21. The van der Waals surface area contributed by atoms with E-state index in [0.717, 1.165) is 18.2 Å². The molecule has 0 saturated carbocycles. The molecule has 106 valence electrons. The summed E-state index contributed by atoms with van der Waals surface area (Å²) in [5.41, 5.74) is 0.365. The molecule has 0 aliphatic carbocycles. The highest BCUT2D eigenvalue weighted by molar-refractivity contribution is 9.10. The Kier molecular flexibility index (Phi) is 4.10. The monoisotopic (exact) mass is 361 g/mol. The lowest BCUT2D eigenvalue weighted by atomic mass is 10.2. The van der Waals surface area contributed by atoms with Crippen molar-refractivity contribution in [3.05, 3.63) is 58.1 Å². The van der Waals surface area contributed by atoms with Crippen LogP contribution in [0.5, 0.6) is 0 Å². The molecule has 0 spiro atoms. The van der Waals surface area contributed by atoms with Crippen LogP contribution in [0.25, 0.3) is 0 Å². The van der Waals surface area contributed by atoms with Crippen LogP contribution in [-0.4, -0.2) is 8.42 Å². The van der Waals surface area contributed by atoms with Crippen molar-refractivity contribution < 1.29 is 17.2 Å². The van der Waals surface area contributed by atoms with Crippen molar-refractivity contribution in [2.24, 2.45) is 0 Å². The molecule has 0 bridgehead atoms. The summed E-state index contributed by atoms with van der Waals surface area (Å²) in [5.74, 6) is -1.10. The molecule has 0 amide bonds. The second-order valence-electron chi connectivity index (χ2n) is 4.14. The average molecular weight is 362 g/mol. The highest BCUT2D eigenvalue weighted by Gasteiger charge is 2.17. The summed E-state index contributed by atoms with van der Waals surface area (Å²) < 4.78 is 53.2. The molecule has 0 fully saturated rings. The smallest absolute Gasteiger partial charge is 0.262 e. The van der Waals surface area contributed by atoms with Crippen molar-refractivity contribution in [2.75, 3.05) is 4.72 Å². The van der Waals surface area contributed by atoms with Gasteiger partial charge in [0, 0.05) is 0 Å². The Morgan fingerprint density at radius 2 is 1.80 bits per heavy atom. The first-order valence-electron chi connectivity index (χ1n) is 5.53. The van der Waals surface area contributed by atoms with E-state index in [4.69, 9.17) is 0 Å². The third-order valence-corrected chi connectivity index (χ3v) is 4.78. The molecule has 2 aromatic rings. The number of aryl methyl sites for hydroxylation is 1. The van der Waals surface area contributed by atoms with Gasteiger partial charge in [-0.2, -0.15) is 0 Å². The summed E-state index contributed by atoms with van der Waals surface area (Å²) >= 11 is 2.98. The molecule has 0 aliphatic heterocycles. The van der Waals surface area contributed by atoms with Gasteiger partial charge in [-0.3, -0.25) is 4.72 Å². The highest BCUT2D eigenvalue weighted by Crippen LogP contribution is 2.23. The van der Waals surface area contributed by atoms with Crippen molar-refractivity contribution in [1.82, 2.24) is 0 Å². The van der Waals surface area contributed by atoms with E-state index in [0.29, 0.717) is 0 Å².